The molecule has 17 heavy (non-hydrogen) atoms. The summed E-state index contributed by atoms with van der Waals surface area (Å²) in [6.07, 6.45) is 3.03. The summed E-state index contributed by atoms with van der Waals surface area (Å²) in [5, 5.41) is 11.2. The van der Waals surface area contributed by atoms with Gasteiger partial charge in [-0.25, -0.2) is 4.98 Å². The first-order valence-corrected chi connectivity index (χ1v) is 5.52. The minimum Gasteiger partial charge on any atom is -0.345 e. The van der Waals surface area contributed by atoms with Crippen molar-refractivity contribution < 1.29 is 4.92 Å². The molecule has 0 bridgehead atoms. The fourth-order valence-electron chi connectivity index (χ4n) is 1.76. The SMILES string of the molecule is O=c1ccc([N+](=O)[O-])c2sc3cnc[nH]c3c12. The number of aromatic nitrogens is 2. The van der Waals surface area contributed by atoms with Gasteiger partial charge in [0, 0.05) is 12.3 Å². The van der Waals surface area contributed by atoms with Crippen molar-refractivity contribution in [3.63, 3.8) is 0 Å². The van der Waals surface area contributed by atoms with E-state index in [0.717, 1.165) is 4.70 Å². The highest BCUT2D eigenvalue weighted by atomic mass is 32.1. The van der Waals surface area contributed by atoms with E-state index in [1.54, 1.807) is 6.20 Å². The first kappa shape index (κ1) is 9.91. The highest BCUT2D eigenvalue weighted by molar-refractivity contribution is 7.26. The normalized spacial score (nSPS) is 11.1. The number of thiophene rings is 1. The van der Waals surface area contributed by atoms with E-state index >= 15 is 0 Å². The molecule has 0 unspecified atom stereocenters. The Labute approximate surface area is 97.7 Å². The molecule has 3 aromatic rings. The predicted octanol–water partition coefficient (Wildman–Crippen LogP) is 2.05. The zero-order valence-corrected chi connectivity index (χ0v) is 9.15. The molecule has 3 rings (SSSR count). The number of H-pyrrole nitrogens is 1. The first-order chi connectivity index (χ1) is 8.18. The van der Waals surface area contributed by atoms with Gasteiger partial charge in [-0.2, -0.15) is 0 Å². The van der Waals surface area contributed by atoms with E-state index in [9.17, 15) is 14.9 Å². The lowest BCUT2D eigenvalue weighted by molar-refractivity contribution is -0.382. The number of hydrogen-bond donors (Lipinski definition) is 1. The van der Waals surface area contributed by atoms with Crippen molar-refractivity contribution in [2.75, 3.05) is 0 Å². The summed E-state index contributed by atoms with van der Waals surface area (Å²) >= 11 is 1.20. The highest BCUT2D eigenvalue weighted by Crippen LogP contribution is 2.35. The minimum absolute atomic E-state index is 0.0470. The number of non-ortho nitro benzene ring substituents is 1. The van der Waals surface area contributed by atoms with Gasteiger partial charge in [0.15, 0.2) is 5.43 Å². The zero-order valence-electron chi connectivity index (χ0n) is 8.34. The summed E-state index contributed by atoms with van der Waals surface area (Å²) in [5.74, 6) is 0. The average Bonchev–Trinajstić information content (AvgIpc) is 2.68. The lowest BCUT2D eigenvalue weighted by Crippen LogP contribution is -2.00. The van der Waals surface area contributed by atoms with Gasteiger partial charge in [0.05, 0.1) is 26.9 Å². The molecule has 0 atom stereocenters. The molecule has 7 heteroatoms. The molecule has 2 heterocycles. The topological polar surface area (TPSA) is 88.9 Å². The van der Waals surface area contributed by atoms with E-state index in [2.05, 4.69) is 9.97 Å². The molecule has 1 N–H and O–H groups in total. The Kier molecular flexibility index (Phi) is 1.96. The van der Waals surface area contributed by atoms with Gasteiger partial charge in [0.25, 0.3) is 5.69 Å². The smallest absolute Gasteiger partial charge is 0.287 e. The van der Waals surface area contributed by atoms with Crippen LogP contribution in [0.25, 0.3) is 20.3 Å². The maximum atomic E-state index is 11.8. The Morgan fingerprint density at radius 3 is 3.00 bits per heavy atom. The molecule has 0 aliphatic heterocycles. The van der Waals surface area contributed by atoms with Crippen molar-refractivity contribution in [3.8, 4) is 0 Å². The van der Waals surface area contributed by atoms with Gasteiger partial charge in [-0.15, -0.1) is 11.3 Å². The van der Waals surface area contributed by atoms with Crippen molar-refractivity contribution >= 4 is 37.3 Å². The second kappa shape index (κ2) is 3.36. The summed E-state index contributed by atoms with van der Waals surface area (Å²) in [4.78, 5) is 28.9. The quantitative estimate of drug-likeness (QED) is 0.526. The van der Waals surface area contributed by atoms with Crippen LogP contribution in [0.15, 0.2) is 29.5 Å². The summed E-state index contributed by atoms with van der Waals surface area (Å²) in [7, 11) is 0. The Morgan fingerprint density at radius 1 is 1.41 bits per heavy atom. The third-order valence-corrected chi connectivity index (χ3v) is 3.63. The standard InChI is InChI=1S/C10H5N3O3S/c14-6-2-1-5(13(15)16)10-8(6)9-7(17-10)3-11-4-12-9/h1-4H,(H,11,12). The molecule has 1 aromatic carbocycles. The molecule has 0 amide bonds. The first-order valence-electron chi connectivity index (χ1n) is 4.71. The van der Waals surface area contributed by atoms with Gasteiger partial charge in [-0.05, 0) is 6.07 Å². The third-order valence-electron chi connectivity index (χ3n) is 2.48. The molecule has 84 valence electrons. The van der Waals surface area contributed by atoms with Crippen LogP contribution in [0.3, 0.4) is 0 Å². The molecule has 0 fully saturated rings. The van der Waals surface area contributed by atoms with Crippen molar-refractivity contribution in [2.45, 2.75) is 0 Å². The van der Waals surface area contributed by atoms with E-state index in [1.165, 1.54) is 29.8 Å². The average molecular weight is 247 g/mol. The number of aromatic amines is 1. The third kappa shape index (κ3) is 1.32. The van der Waals surface area contributed by atoms with Crippen LogP contribution in [0, 0.1) is 10.1 Å². The van der Waals surface area contributed by atoms with Crippen LogP contribution in [0.2, 0.25) is 0 Å². The lowest BCUT2D eigenvalue weighted by atomic mass is 10.2. The number of benzene rings is 1. The van der Waals surface area contributed by atoms with Gasteiger partial charge in [-0.1, -0.05) is 0 Å². The molecule has 0 aliphatic carbocycles. The highest BCUT2D eigenvalue weighted by Gasteiger charge is 2.18. The fourth-order valence-corrected chi connectivity index (χ4v) is 2.91. The molecular formula is C10H5N3O3S. The maximum Gasteiger partial charge on any atom is 0.287 e. The van der Waals surface area contributed by atoms with Crippen LogP contribution in [0.1, 0.15) is 0 Å². The Bertz CT molecular complexity index is 805. The fraction of sp³-hybridized carbons (Fsp3) is 0. The van der Waals surface area contributed by atoms with E-state index in [-0.39, 0.29) is 11.1 Å². The van der Waals surface area contributed by atoms with Crippen LogP contribution < -0.4 is 5.43 Å². The summed E-state index contributed by atoms with van der Waals surface area (Å²) in [5.41, 5.74) is 0.335. The predicted molar refractivity (Wildman–Crippen MR) is 64.4 cm³/mol. The van der Waals surface area contributed by atoms with Crippen molar-refractivity contribution in [3.05, 3.63) is 45.0 Å². The number of nitro groups is 1. The molecule has 2 aromatic heterocycles. The van der Waals surface area contributed by atoms with Crippen LogP contribution >= 0.6 is 11.3 Å². The zero-order chi connectivity index (χ0) is 12.0. The van der Waals surface area contributed by atoms with Crippen LogP contribution in [0.4, 0.5) is 5.69 Å². The van der Waals surface area contributed by atoms with E-state index in [4.69, 9.17) is 0 Å². The van der Waals surface area contributed by atoms with E-state index in [0.29, 0.717) is 15.6 Å². The second-order valence-electron chi connectivity index (χ2n) is 3.44. The van der Waals surface area contributed by atoms with Gasteiger partial charge in [0.2, 0.25) is 0 Å². The number of nitrogens with zero attached hydrogens (tertiary/aromatic N) is 2. The summed E-state index contributed by atoms with van der Waals surface area (Å²) in [6, 6.07) is 2.47. The summed E-state index contributed by atoms with van der Waals surface area (Å²) in [6.45, 7) is 0. The molecule has 0 saturated carbocycles. The van der Waals surface area contributed by atoms with Gasteiger partial charge >= 0.3 is 0 Å². The number of rotatable bonds is 1. The lowest BCUT2D eigenvalue weighted by Gasteiger charge is -1.92. The van der Waals surface area contributed by atoms with Crippen LogP contribution in [-0.4, -0.2) is 14.9 Å². The second-order valence-corrected chi connectivity index (χ2v) is 4.49. The van der Waals surface area contributed by atoms with Crippen molar-refractivity contribution in [1.29, 1.82) is 0 Å². The van der Waals surface area contributed by atoms with Crippen LogP contribution in [-0.2, 0) is 0 Å². The van der Waals surface area contributed by atoms with Gasteiger partial charge in [-0.3, -0.25) is 14.9 Å². The molecular weight excluding hydrogens is 242 g/mol. The van der Waals surface area contributed by atoms with Gasteiger partial charge < -0.3 is 4.98 Å². The number of nitrogens with one attached hydrogen (secondary N) is 1. The molecule has 6 nitrogen and oxygen atoms in total. The molecule has 0 spiro atoms. The molecule has 0 saturated heterocycles. The maximum absolute atomic E-state index is 11.8. The number of fused-ring (bicyclic) bond motifs is 3. The Hall–Kier alpha value is -2.28. The van der Waals surface area contributed by atoms with Crippen molar-refractivity contribution in [2.24, 2.45) is 0 Å². The number of hydrogen-bond acceptors (Lipinski definition) is 5. The minimum atomic E-state index is -0.482. The molecule has 0 radical (unpaired) electrons. The van der Waals surface area contributed by atoms with Crippen LogP contribution in [0.5, 0.6) is 0 Å². The van der Waals surface area contributed by atoms with Crippen molar-refractivity contribution in [1.82, 2.24) is 9.97 Å². The van der Waals surface area contributed by atoms with E-state index in [1.807, 2.05) is 0 Å². The van der Waals surface area contributed by atoms with Gasteiger partial charge in [0.1, 0.15) is 4.70 Å². The number of nitro benzene ring substituents is 1. The summed E-state index contributed by atoms with van der Waals surface area (Å²) < 4.78 is 1.12. The Balaban J connectivity index is 2.63. The monoisotopic (exact) mass is 247 g/mol. The van der Waals surface area contributed by atoms with E-state index < -0.39 is 4.92 Å². The Morgan fingerprint density at radius 2 is 2.24 bits per heavy atom. The largest absolute Gasteiger partial charge is 0.345 e. The molecule has 0 aliphatic rings.